The molecule has 0 saturated carbocycles. The maximum absolute atomic E-state index is 12.8. The van der Waals surface area contributed by atoms with E-state index in [1.807, 2.05) is 0 Å². The summed E-state index contributed by atoms with van der Waals surface area (Å²) in [6.45, 7) is 6.55. The summed E-state index contributed by atoms with van der Waals surface area (Å²) in [4.78, 5) is 37.8. The zero-order valence-electron chi connectivity index (χ0n) is 39.5. The maximum Gasteiger partial charge on any atom is 0.306 e. The molecule has 0 saturated heterocycles. The third-order valence-electron chi connectivity index (χ3n) is 10.8. The summed E-state index contributed by atoms with van der Waals surface area (Å²) in [6, 6.07) is 0. The van der Waals surface area contributed by atoms with Gasteiger partial charge in [0.25, 0.3) is 0 Å². The van der Waals surface area contributed by atoms with Gasteiger partial charge in [-0.1, -0.05) is 216 Å². The second-order valence-corrected chi connectivity index (χ2v) is 16.8. The van der Waals surface area contributed by atoms with Crippen LogP contribution in [0.3, 0.4) is 0 Å². The maximum atomic E-state index is 12.8. The molecule has 0 heterocycles. The molecular weight excluding hydrogens is 745 g/mol. The van der Waals surface area contributed by atoms with E-state index in [4.69, 9.17) is 14.2 Å². The topological polar surface area (TPSA) is 78.9 Å². The van der Waals surface area contributed by atoms with E-state index in [1.54, 1.807) is 0 Å². The van der Waals surface area contributed by atoms with E-state index in [0.717, 1.165) is 89.9 Å². The molecule has 0 aliphatic rings. The number of unbranched alkanes of at least 4 members (excludes halogenated alkanes) is 27. The molecule has 346 valence electrons. The van der Waals surface area contributed by atoms with Gasteiger partial charge in [-0.2, -0.15) is 0 Å². The second kappa shape index (κ2) is 48.8. The Bertz CT molecular complexity index is 1100. The van der Waals surface area contributed by atoms with Crippen molar-refractivity contribution in [1.29, 1.82) is 0 Å². The molecule has 1 atom stereocenters. The van der Waals surface area contributed by atoms with Crippen molar-refractivity contribution in [1.82, 2.24) is 0 Å². The molecular formula is C54H94O6. The Kier molecular flexibility index (Phi) is 46.4. The number of hydrogen-bond acceptors (Lipinski definition) is 6. The normalized spacial score (nSPS) is 12.5. The standard InChI is InChI=1S/C54H94O6/c1-4-7-10-13-16-19-21-23-25-26-27-29-30-32-35-38-41-44-47-53(56)59-50-51(49-58-52(55)46-43-40-37-34-18-15-12-9-6-3)60-54(57)48-45-42-39-36-33-31-28-24-22-20-17-14-11-8-5-2/h17,20-27,29,51H,4-16,18-19,28,30-50H2,1-3H3/b20-17-,23-21-,24-22-,26-25-,29-27-. The molecule has 0 spiro atoms. The average Bonchev–Trinajstić information content (AvgIpc) is 3.24. The fraction of sp³-hybridized carbons (Fsp3) is 0.759. The van der Waals surface area contributed by atoms with E-state index >= 15 is 0 Å². The van der Waals surface area contributed by atoms with Crippen molar-refractivity contribution in [3.63, 3.8) is 0 Å². The predicted molar refractivity (Wildman–Crippen MR) is 256 cm³/mol. The van der Waals surface area contributed by atoms with Crippen LogP contribution in [0.4, 0.5) is 0 Å². The van der Waals surface area contributed by atoms with Gasteiger partial charge in [0.05, 0.1) is 0 Å². The minimum atomic E-state index is -0.785. The average molecular weight is 839 g/mol. The van der Waals surface area contributed by atoms with Crippen LogP contribution in [-0.4, -0.2) is 37.2 Å². The number of hydrogen-bond donors (Lipinski definition) is 0. The number of allylic oxidation sites excluding steroid dienone is 10. The van der Waals surface area contributed by atoms with E-state index in [9.17, 15) is 14.4 Å². The van der Waals surface area contributed by atoms with Crippen LogP contribution >= 0.6 is 0 Å². The van der Waals surface area contributed by atoms with Gasteiger partial charge in [0.15, 0.2) is 6.10 Å². The van der Waals surface area contributed by atoms with Crippen LogP contribution in [0.1, 0.15) is 245 Å². The number of esters is 3. The molecule has 0 aromatic carbocycles. The fourth-order valence-corrected chi connectivity index (χ4v) is 6.96. The Hall–Kier alpha value is -2.89. The largest absolute Gasteiger partial charge is 0.462 e. The van der Waals surface area contributed by atoms with Crippen molar-refractivity contribution >= 4 is 17.9 Å². The van der Waals surface area contributed by atoms with Crippen molar-refractivity contribution in [3.05, 3.63) is 60.8 Å². The van der Waals surface area contributed by atoms with Gasteiger partial charge < -0.3 is 14.2 Å². The zero-order valence-corrected chi connectivity index (χ0v) is 39.5. The fourth-order valence-electron chi connectivity index (χ4n) is 6.96. The molecule has 0 fully saturated rings. The van der Waals surface area contributed by atoms with Crippen molar-refractivity contribution in [2.45, 2.75) is 252 Å². The number of carbonyl (C=O) groups excluding carboxylic acids is 3. The predicted octanol–water partition coefficient (Wildman–Crippen LogP) is 16.5. The highest BCUT2D eigenvalue weighted by molar-refractivity contribution is 5.71. The van der Waals surface area contributed by atoms with Gasteiger partial charge in [-0.15, -0.1) is 0 Å². The number of carbonyl (C=O) groups is 3. The molecule has 0 N–H and O–H groups in total. The third-order valence-corrected chi connectivity index (χ3v) is 10.8. The first-order valence-electron chi connectivity index (χ1n) is 25.3. The zero-order chi connectivity index (χ0) is 43.7. The molecule has 6 nitrogen and oxygen atoms in total. The summed E-state index contributed by atoms with van der Waals surface area (Å²) in [5.74, 6) is -0.917. The van der Waals surface area contributed by atoms with Crippen molar-refractivity contribution in [2.75, 3.05) is 13.2 Å². The summed E-state index contributed by atoms with van der Waals surface area (Å²) in [5.41, 5.74) is 0. The SMILES string of the molecule is CCCCC/C=C\C=C/CCCCCCCCC(=O)OC(COC(=O)CCCCCCC\C=C/C=C\C=C/CCCCCCC)COC(=O)CCCCCCCCCCC. The van der Waals surface area contributed by atoms with Crippen LogP contribution in [0.25, 0.3) is 0 Å². The van der Waals surface area contributed by atoms with Gasteiger partial charge in [-0.3, -0.25) is 14.4 Å². The summed E-state index contributed by atoms with van der Waals surface area (Å²) >= 11 is 0. The van der Waals surface area contributed by atoms with Gasteiger partial charge >= 0.3 is 17.9 Å². The van der Waals surface area contributed by atoms with Crippen LogP contribution < -0.4 is 0 Å². The first-order valence-corrected chi connectivity index (χ1v) is 25.3. The summed E-state index contributed by atoms with van der Waals surface area (Å²) in [6.07, 6.45) is 59.1. The molecule has 0 rings (SSSR count). The van der Waals surface area contributed by atoms with Crippen LogP contribution in [0, 0.1) is 0 Å². The quantitative estimate of drug-likeness (QED) is 0.0263. The summed E-state index contributed by atoms with van der Waals surface area (Å²) in [5, 5.41) is 0. The number of rotatable bonds is 45. The van der Waals surface area contributed by atoms with Crippen molar-refractivity contribution < 1.29 is 28.6 Å². The number of ether oxygens (including phenoxy) is 3. The summed E-state index contributed by atoms with van der Waals surface area (Å²) < 4.78 is 16.7. The van der Waals surface area contributed by atoms with Crippen LogP contribution in [0.5, 0.6) is 0 Å². The molecule has 0 amide bonds. The molecule has 0 bridgehead atoms. The molecule has 1 unspecified atom stereocenters. The minimum absolute atomic E-state index is 0.0848. The molecule has 6 heteroatoms. The Morgan fingerprint density at radius 2 is 0.600 bits per heavy atom. The Balaban J connectivity index is 4.39. The Morgan fingerprint density at radius 1 is 0.333 bits per heavy atom. The van der Waals surface area contributed by atoms with E-state index < -0.39 is 6.10 Å². The van der Waals surface area contributed by atoms with Crippen LogP contribution in [-0.2, 0) is 28.6 Å². The third kappa shape index (κ3) is 46.2. The molecule has 0 aliphatic carbocycles. The van der Waals surface area contributed by atoms with Gasteiger partial charge in [-0.25, -0.2) is 0 Å². The van der Waals surface area contributed by atoms with Gasteiger partial charge in [-0.05, 0) is 70.6 Å². The van der Waals surface area contributed by atoms with Gasteiger partial charge in [0.1, 0.15) is 13.2 Å². The lowest BCUT2D eigenvalue weighted by atomic mass is 10.1. The second-order valence-electron chi connectivity index (χ2n) is 16.8. The molecule has 0 aliphatic heterocycles. The monoisotopic (exact) mass is 839 g/mol. The highest BCUT2D eigenvalue weighted by Crippen LogP contribution is 2.14. The lowest BCUT2D eigenvalue weighted by Crippen LogP contribution is -2.30. The lowest BCUT2D eigenvalue weighted by molar-refractivity contribution is -0.167. The van der Waals surface area contributed by atoms with E-state index in [1.165, 1.54) is 116 Å². The van der Waals surface area contributed by atoms with Gasteiger partial charge in [0, 0.05) is 19.3 Å². The summed E-state index contributed by atoms with van der Waals surface area (Å²) in [7, 11) is 0. The minimum Gasteiger partial charge on any atom is -0.462 e. The smallest absolute Gasteiger partial charge is 0.306 e. The Labute approximate surface area is 370 Å². The highest BCUT2D eigenvalue weighted by atomic mass is 16.6. The van der Waals surface area contributed by atoms with Crippen molar-refractivity contribution in [3.8, 4) is 0 Å². The lowest BCUT2D eigenvalue weighted by Gasteiger charge is -2.18. The first kappa shape index (κ1) is 57.1. The highest BCUT2D eigenvalue weighted by Gasteiger charge is 2.19. The Morgan fingerprint density at radius 3 is 0.967 bits per heavy atom. The molecule has 60 heavy (non-hydrogen) atoms. The van der Waals surface area contributed by atoms with Crippen LogP contribution in [0.2, 0.25) is 0 Å². The van der Waals surface area contributed by atoms with E-state index in [-0.39, 0.29) is 31.1 Å². The van der Waals surface area contributed by atoms with Crippen molar-refractivity contribution in [2.24, 2.45) is 0 Å². The van der Waals surface area contributed by atoms with Crippen LogP contribution in [0.15, 0.2) is 60.8 Å². The van der Waals surface area contributed by atoms with E-state index in [2.05, 4.69) is 81.5 Å². The van der Waals surface area contributed by atoms with E-state index in [0.29, 0.717) is 19.3 Å². The van der Waals surface area contributed by atoms with Gasteiger partial charge in [0.2, 0.25) is 0 Å². The molecule has 0 aromatic rings. The first-order chi connectivity index (χ1) is 29.5. The molecule has 0 radical (unpaired) electrons. The molecule has 0 aromatic heterocycles.